The Morgan fingerprint density at radius 1 is 0.967 bits per heavy atom. The predicted molar refractivity (Wildman–Crippen MR) is 118 cm³/mol. The molecule has 1 aliphatic rings. The maximum Gasteiger partial charge on any atom is 0.255 e. The second kappa shape index (κ2) is 10.1. The molecule has 1 aliphatic heterocycles. The molecule has 0 atom stereocenters. The van der Waals surface area contributed by atoms with Gasteiger partial charge >= 0.3 is 0 Å². The zero-order valence-electron chi connectivity index (χ0n) is 17.5. The van der Waals surface area contributed by atoms with E-state index in [-0.39, 0.29) is 11.7 Å². The number of carbonyl (C=O) groups is 1. The third-order valence-corrected chi connectivity index (χ3v) is 7.02. The number of carbonyl (C=O) groups excluding carboxylic acids is 1. The molecule has 1 amide bonds. The SMILES string of the molecule is CCOc1ccc(NC(=O)c2ccc(CN3CCN(S(=O)(=O)CC)CC3)cc2)cc1. The van der Waals surface area contributed by atoms with Crippen LogP contribution >= 0.6 is 0 Å². The maximum atomic E-state index is 12.5. The lowest BCUT2D eigenvalue weighted by molar-refractivity contribution is 0.102. The molecule has 1 heterocycles. The highest BCUT2D eigenvalue weighted by molar-refractivity contribution is 7.89. The molecule has 0 spiro atoms. The van der Waals surface area contributed by atoms with Crippen molar-refractivity contribution in [1.82, 2.24) is 9.21 Å². The number of anilines is 1. The summed E-state index contributed by atoms with van der Waals surface area (Å²) in [6.07, 6.45) is 0. The highest BCUT2D eigenvalue weighted by Crippen LogP contribution is 2.17. The summed E-state index contributed by atoms with van der Waals surface area (Å²) in [5.41, 5.74) is 2.40. The van der Waals surface area contributed by atoms with Crippen LogP contribution in [-0.2, 0) is 16.6 Å². The lowest BCUT2D eigenvalue weighted by Crippen LogP contribution is -2.48. The van der Waals surface area contributed by atoms with Gasteiger partial charge in [-0.05, 0) is 55.8 Å². The number of hydrogen-bond acceptors (Lipinski definition) is 5. The van der Waals surface area contributed by atoms with Crippen molar-refractivity contribution in [3.63, 3.8) is 0 Å². The van der Waals surface area contributed by atoms with Crippen LogP contribution in [0.3, 0.4) is 0 Å². The third kappa shape index (κ3) is 5.81. The van der Waals surface area contributed by atoms with Crippen LogP contribution in [0, 0.1) is 0 Å². The number of sulfonamides is 1. The van der Waals surface area contributed by atoms with Crippen LogP contribution < -0.4 is 10.1 Å². The van der Waals surface area contributed by atoms with Crippen LogP contribution in [0.1, 0.15) is 29.8 Å². The Bertz CT molecular complexity index is 935. The number of ether oxygens (including phenoxy) is 1. The summed E-state index contributed by atoms with van der Waals surface area (Å²) in [4.78, 5) is 14.7. The minimum atomic E-state index is -3.11. The minimum absolute atomic E-state index is 0.146. The van der Waals surface area contributed by atoms with Crippen molar-refractivity contribution >= 4 is 21.6 Å². The fourth-order valence-electron chi connectivity index (χ4n) is 3.37. The van der Waals surface area contributed by atoms with E-state index in [1.54, 1.807) is 11.2 Å². The number of rotatable bonds is 8. The molecule has 0 saturated carbocycles. The van der Waals surface area contributed by atoms with Crippen molar-refractivity contribution < 1.29 is 17.9 Å². The topological polar surface area (TPSA) is 79.0 Å². The summed E-state index contributed by atoms with van der Waals surface area (Å²) >= 11 is 0. The van der Waals surface area contributed by atoms with Crippen molar-refractivity contribution in [3.8, 4) is 5.75 Å². The first-order valence-corrected chi connectivity index (χ1v) is 11.9. The second-order valence-electron chi connectivity index (χ2n) is 7.18. The van der Waals surface area contributed by atoms with E-state index < -0.39 is 10.0 Å². The summed E-state index contributed by atoms with van der Waals surface area (Å²) < 4.78 is 30.9. The Hall–Kier alpha value is -2.42. The van der Waals surface area contributed by atoms with Crippen LogP contribution in [0.25, 0.3) is 0 Å². The Morgan fingerprint density at radius 2 is 1.60 bits per heavy atom. The molecule has 2 aromatic carbocycles. The van der Waals surface area contributed by atoms with Crippen LogP contribution in [0.15, 0.2) is 48.5 Å². The van der Waals surface area contributed by atoms with Crippen LogP contribution in [-0.4, -0.2) is 62.1 Å². The quantitative estimate of drug-likeness (QED) is 0.695. The van der Waals surface area contributed by atoms with Crippen molar-refractivity contribution in [1.29, 1.82) is 0 Å². The van der Waals surface area contributed by atoms with Gasteiger partial charge < -0.3 is 10.1 Å². The van der Waals surface area contributed by atoms with Gasteiger partial charge in [-0.3, -0.25) is 9.69 Å². The standard InChI is InChI=1S/C22H29N3O4S/c1-3-29-21-11-9-20(10-12-21)23-22(26)19-7-5-18(6-8-19)17-24-13-15-25(16-14-24)30(27,28)4-2/h5-12H,3-4,13-17H2,1-2H3,(H,23,26). The normalized spacial score (nSPS) is 15.7. The average Bonchev–Trinajstić information content (AvgIpc) is 2.76. The van der Waals surface area contributed by atoms with Crippen molar-refractivity contribution in [2.24, 2.45) is 0 Å². The molecule has 0 aliphatic carbocycles. The van der Waals surface area contributed by atoms with E-state index in [1.165, 1.54) is 0 Å². The number of piperazine rings is 1. The largest absolute Gasteiger partial charge is 0.494 e. The van der Waals surface area contributed by atoms with Crippen LogP contribution in [0.5, 0.6) is 5.75 Å². The molecule has 3 rings (SSSR count). The Balaban J connectivity index is 1.52. The van der Waals surface area contributed by atoms with E-state index in [2.05, 4.69) is 10.2 Å². The van der Waals surface area contributed by atoms with E-state index >= 15 is 0 Å². The molecular formula is C22H29N3O4S. The summed E-state index contributed by atoms with van der Waals surface area (Å²) in [7, 11) is -3.11. The first kappa shape index (κ1) is 22.3. The summed E-state index contributed by atoms with van der Waals surface area (Å²) in [5, 5.41) is 2.89. The van der Waals surface area contributed by atoms with E-state index in [0.29, 0.717) is 44.0 Å². The molecule has 162 valence electrons. The number of amides is 1. The van der Waals surface area contributed by atoms with Gasteiger partial charge in [-0.15, -0.1) is 0 Å². The van der Waals surface area contributed by atoms with Gasteiger partial charge in [-0.1, -0.05) is 12.1 Å². The molecular weight excluding hydrogens is 402 g/mol. The molecule has 1 fully saturated rings. The molecule has 0 aromatic heterocycles. The van der Waals surface area contributed by atoms with Crippen LogP contribution in [0.4, 0.5) is 5.69 Å². The Labute approximate surface area is 178 Å². The molecule has 0 radical (unpaired) electrons. The smallest absolute Gasteiger partial charge is 0.255 e. The molecule has 1 saturated heterocycles. The summed E-state index contributed by atoms with van der Waals surface area (Å²) in [5.74, 6) is 0.754. The van der Waals surface area contributed by atoms with Gasteiger partial charge in [0.15, 0.2) is 0 Å². The van der Waals surface area contributed by atoms with Gasteiger partial charge in [0.1, 0.15) is 5.75 Å². The van der Waals surface area contributed by atoms with Crippen molar-refractivity contribution in [2.75, 3.05) is 43.9 Å². The molecule has 0 unspecified atom stereocenters. The number of hydrogen-bond donors (Lipinski definition) is 1. The minimum Gasteiger partial charge on any atom is -0.494 e. The monoisotopic (exact) mass is 431 g/mol. The number of benzene rings is 2. The van der Waals surface area contributed by atoms with E-state index in [9.17, 15) is 13.2 Å². The molecule has 1 N–H and O–H groups in total. The fourth-order valence-corrected chi connectivity index (χ4v) is 4.46. The van der Waals surface area contributed by atoms with E-state index in [0.717, 1.165) is 17.9 Å². The maximum absolute atomic E-state index is 12.5. The second-order valence-corrected chi connectivity index (χ2v) is 9.44. The fraction of sp³-hybridized carbons (Fsp3) is 0.409. The molecule has 30 heavy (non-hydrogen) atoms. The van der Waals surface area contributed by atoms with Crippen molar-refractivity contribution in [3.05, 3.63) is 59.7 Å². The lowest BCUT2D eigenvalue weighted by atomic mass is 10.1. The Morgan fingerprint density at radius 3 is 2.17 bits per heavy atom. The van der Waals surface area contributed by atoms with Gasteiger partial charge in [0.05, 0.1) is 12.4 Å². The van der Waals surface area contributed by atoms with Gasteiger partial charge in [-0.25, -0.2) is 8.42 Å². The first-order valence-electron chi connectivity index (χ1n) is 10.2. The molecule has 7 nitrogen and oxygen atoms in total. The Kier molecular flexibility index (Phi) is 7.47. The van der Waals surface area contributed by atoms with Gasteiger partial charge in [0.25, 0.3) is 5.91 Å². The number of nitrogens with zero attached hydrogens (tertiary/aromatic N) is 2. The zero-order valence-corrected chi connectivity index (χ0v) is 18.3. The predicted octanol–water partition coefficient (Wildman–Crippen LogP) is 2.80. The summed E-state index contributed by atoms with van der Waals surface area (Å²) in [6, 6.07) is 14.8. The molecule has 8 heteroatoms. The zero-order chi connectivity index (χ0) is 21.6. The highest BCUT2D eigenvalue weighted by Gasteiger charge is 2.25. The third-order valence-electron chi connectivity index (χ3n) is 5.13. The van der Waals surface area contributed by atoms with E-state index in [1.807, 2.05) is 55.5 Å². The first-order chi connectivity index (χ1) is 14.4. The van der Waals surface area contributed by atoms with E-state index in [4.69, 9.17) is 4.74 Å². The lowest BCUT2D eigenvalue weighted by Gasteiger charge is -2.33. The van der Waals surface area contributed by atoms with Gasteiger partial charge in [0.2, 0.25) is 10.0 Å². The van der Waals surface area contributed by atoms with Crippen molar-refractivity contribution in [2.45, 2.75) is 20.4 Å². The van der Waals surface area contributed by atoms with Gasteiger partial charge in [-0.2, -0.15) is 4.31 Å². The summed E-state index contributed by atoms with van der Waals surface area (Å²) in [6.45, 7) is 7.41. The van der Waals surface area contributed by atoms with Gasteiger partial charge in [0, 0.05) is 44.0 Å². The molecule has 2 aromatic rings. The highest BCUT2D eigenvalue weighted by atomic mass is 32.2. The average molecular weight is 432 g/mol. The van der Waals surface area contributed by atoms with Crippen LogP contribution in [0.2, 0.25) is 0 Å². The molecule has 0 bridgehead atoms. The number of nitrogens with one attached hydrogen (secondary N) is 1.